The molecule has 0 aliphatic carbocycles. The summed E-state index contributed by atoms with van der Waals surface area (Å²) in [5, 5.41) is 12.0. The Labute approximate surface area is 166 Å². The zero-order valence-electron chi connectivity index (χ0n) is 15.3. The molecule has 2 aromatic carbocycles. The normalized spacial score (nSPS) is 10.3. The van der Waals surface area contributed by atoms with Gasteiger partial charge in [-0.2, -0.15) is 5.26 Å². The Morgan fingerprint density at radius 3 is 2.79 bits per heavy atom. The third kappa shape index (κ3) is 4.01. The Morgan fingerprint density at radius 1 is 1.14 bits per heavy atom. The molecule has 2 aromatic heterocycles. The molecule has 0 bridgehead atoms. The SMILES string of the molecule is N#Cc1ccccc1OCc1ccc(C(=O)Nc2ccccc2-n2ccnc2)o1. The summed E-state index contributed by atoms with van der Waals surface area (Å²) < 4.78 is 13.0. The molecule has 29 heavy (non-hydrogen) atoms. The second-order valence-electron chi connectivity index (χ2n) is 6.10. The number of nitriles is 1. The molecule has 1 N–H and O–H groups in total. The molecule has 2 heterocycles. The quantitative estimate of drug-likeness (QED) is 0.539. The first-order valence-electron chi connectivity index (χ1n) is 8.84. The van der Waals surface area contributed by atoms with Crippen LogP contribution < -0.4 is 10.1 Å². The van der Waals surface area contributed by atoms with Crippen molar-refractivity contribution in [1.82, 2.24) is 9.55 Å². The molecule has 4 rings (SSSR count). The fraction of sp³-hybridized carbons (Fsp3) is 0.0455. The molecule has 142 valence electrons. The fourth-order valence-corrected chi connectivity index (χ4v) is 2.80. The van der Waals surface area contributed by atoms with Crippen molar-refractivity contribution < 1.29 is 13.9 Å². The number of para-hydroxylation sites is 3. The molecular weight excluding hydrogens is 368 g/mol. The van der Waals surface area contributed by atoms with E-state index in [1.165, 1.54) is 0 Å². The van der Waals surface area contributed by atoms with Crippen LogP contribution in [0.4, 0.5) is 5.69 Å². The van der Waals surface area contributed by atoms with Crippen LogP contribution in [-0.4, -0.2) is 15.5 Å². The highest BCUT2D eigenvalue weighted by Crippen LogP contribution is 2.22. The third-order valence-electron chi connectivity index (χ3n) is 4.20. The van der Waals surface area contributed by atoms with Crippen LogP contribution in [0, 0.1) is 11.3 Å². The molecule has 0 aliphatic rings. The Morgan fingerprint density at radius 2 is 1.97 bits per heavy atom. The molecular formula is C22H16N4O3. The molecule has 0 saturated carbocycles. The highest BCUT2D eigenvalue weighted by atomic mass is 16.5. The van der Waals surface area contributed by atoms with Crippen molar-refractivity contribution in [2.45, 2.75) is 6.61 Å². The van der Waals surface area contributed by atoms with E-state index in [1.54, 1.807) is 61.2 Å². The van der Waals surface area contributed by atoms with Crippen LogP contribution in [0.1, 0.15) is 21.9 Å². The molecule has 0 radical (unpaired) electrons. The van der Waals surface area contributed by atoms with E-state index in [0.29, 0.717) is 22.8 Å². The maximum absolute atomic E-state index is 12.6. The van der Waals surface area contributed by atoms with E-state index in [4.69, 9.17) is 14.4 Å². The van der Waals surface area contributed by atoms with Gasteiger partial charge in [-0.15, -0.1) is 0 Å². The van der Waals surface area contributed by atoms with Gasteiger partial charge in [0, 0.05) is 12.4 Å². The second-order valence-corrected chi connectivity index (χ2v) is 6.10. The lowest BCUT2D eigenvalue weighted by Crippen LogP contribution is -2.12. The van der Waals surface area contributed by atoms with Gasteiger partial charge in [-0.05, 0) is 36.4 Å². The van der Waals surface area contributed by atoms with Gasteiger partial charge in [-0.3, -0.25) is 4.79 Å². The highest BCUT2D eigenvalue weighted by Gasteiger charge is 2.14. The number of nitrogens with zero attached hydrogens (tertiary/aromatic N) is 3. The summed E-state index contributed by atoms with van der Waals surface area (Å²) in [6.45, 7) is 0.109. The number of hydrogen-bond donors (Lipinski definition) is 1. The molecule has 0 atom stereocenters. The number of ether oxygens (including phenoxy) is 1. The molecule has 1 amide bonds. The average molecular weight is 384 g/mol. The molecule has 7 heteroatoms. The Balaban J connectivity index is 1.45. The monoisotopic (exact) mass is 384 g/mol. The van der Waals surface area contributed by atoms with Crippen LogP contribution in [0.25, 0.3) is 5.69 Å². The molecule has 0 spiro atoms. The topological polar surface area (TPSA) is 93.1 Å². The summed E-state index contributed by atoms with van der Waals surface area (Å²) >= 11 is 0. The lowest BCUT2D eigenvalue weighted by Gasteiger charge is -2.10. The van der Waals surface area contributed by atoms with Crippen molar-refractivity contribution >= 4 is 11.6 Å². The summed E-state index contributed by atoms with van der Waals surface area (Å²) in [7, 11) is 0. The van der Waals surface area contributed by atoms with Gasteiger partial charge in [0.2, 0.25) is 0 Å². The first kappa shape index (κ1) is 18.1. The number of benzene rings is 2. The lowest BCUT2D eigenvalue weighted by atomic mass is 10.2. The van der Waals surface area contributed by atoms with E-state index in [0.717, 1.165) is 5.69 Å². The molecule has 4 aromatic rings. The van der Waals surface area contributed by atoms with Crippen molar-refractivity contribution in [3.63, 3.8) is 0 Å². The van der Waals surface area contributed by atoms with Gasteiger partial charge < -0.3 is 19.0 Å². The zero-order chi connectivity index (χ0) is 20.1. The second kappa shape index (κ2) is 8.15. The zero-order valence-corrected chi connectivity index (χ0v) is 15.3. The number of hydrogen-bond acceptors (Lipinski definition) is 5. The van der Waals surface area contributed by atoms with E-state index >= 15 is 0 Å². The van der Waals surface area contributed by atoms with Crippen LogP contribution in [0.2, 0.25) is 0 Å². The summed E-state index contributed by atoms with van der Waals surface area (Å²) in [4.78, 5) is 16.6. The van der Waals surface area contributed by atoms with Crippen molar-refractivity contribution in [1.29, 1.82) is 5.26 Å². The summed E-state index contributed by atoms with van der Waals surface area (Å²) in [5.41, 5.74) is 1.86. The van der Waals surface area contributed by atoms with Crippen molar-refractivity contribution in [3.05, 3.63) is 96.5 Å². The molecule has 0 fully saturated rings. The number of carbonyl (C=O) groups is 1. The Bertz CT molecular complexity index is 1170. The van der Waals surface area contributed by atoms with E-state index in [1.807, 2.05) is 22.8 Å². The number of aromatic nitrogens is 2. The number of nitrogens with one attached hydrogen (secondary N) is 1. The summed E-state index contributed by atoms with van der Waals surface area (Å²) in [5.74, 6) is 0.733. The Kier molecular flexibility index (Phi) is 5.08. The van der Waals surface area contributed by atoms with Crippen LogP contribution in [0.15, 0.2) is 83.8 Å². The van der Waals surface area contributed by atoms with Crippen LogP contribution in [0.5, 0.6) is 5.75 Å². The highest BCUT2D eigenvalue weighted by molar-refractivity contribution is 6.03. The minimum atomic E-state index is -0.374. The molecule has 0 saturated heterocycles. The van der Waals surface area contributed by atoms with Gasteiger partial charge in [-0.25, -0.2) is 4.98 Å². The number of imidazole rings is 1. The van der Waals surface area contributed by atoms with E-state index in [-0.39, 0.29) is 18.3 Å². The average Bonchev–Trinajstić information content (AvgIpc) is 3.45. The van der Waals surface area contributed by atoms with Gasteiger partial charge in [0.1, 0.15) is 24.2 Å². The maximum atomic E-state index is 12.6. The summed E-state index contributed by atoms with van der Waals surface area (Å²) in [6.07, 6.45) is 5.13. The number of rotatable bonds is 6. The number of carbonyl (C=O) groups excluding carboxylic acids is 1. The van der Waals surface area contributed by atoms with E-state index in [2.05, 4.69) is 16.4 Å². The third-order valence-corrected chi connectivity index (χ3v) is 4.20. The van der Waals surface area contributed by atoms with Gasteiger partial charge in [0.05, 0.1) is 23.3 Å². The standard InChI is InChI=1S/C22H16N4O3/c23-13-16-5-1-4-8-20(16)28-14-17-9-10-21(29-17)22(27)25-18-6-2-3-7-19(18)26-12-11-24-15-26/h1-12,15H,14H2,(H,25,27). The van der Waals surface area contributed by atoms with Gasteiger partial charge >= 0.3 is 0 Å². The first-order valence-corrected chi connectivity index (χ1v) is 8.84. The van der Waals surface area contributed by atoms with E-state index < -0.39 is 0 Å². The summed E-state index contributed by atoms with van der Waals surface area (Å²) in [6, 6.07) is 19.7. The molecule has 0 aliphatic heterocycles. The van der Waals surface area contributed by atoms with Crippen LogP contribution in [-0.2, 0) is 6.61 Å². The van der Waals surface area contributed by atoms with Crippen LogP contribution >= 0.6 is 0 Å². The molecule has 0 unspecified atom stereocenters. The predicted octanol–water partition coefficient (Wildman–Crippen LogP) is 4.17. The van der Waals surface area contributed by atoms with Crippen molar-refractivity contribution in [3.8, 4) is 17.5 Å². The van der Waals surface area contributed by atoms with Gasteiger partial charge in [-0.1, -0.05) is 24.3 Å². The van der Waals surface area contributed by atoms with Gasteiger partial charge in [0.15, 0.2) is 5.76 Å². The lowest BCUT2D eigenvalue weighted by molar-refractivity contribution is 0.0992. The van der Waals surface area contributed by atoms with Gasteiger partial charge in [0.25, 0.3) is 5.91 Å². The van der Waals surface area contributed by atoms with Crippen LogP contribution in [0.3, 0.4) is 0 Å². The van der Waals surface area contributed by atoms with Crippen molar-refractivity contribution in [2.24, 2.45) is 0 Å². The number of amides is 1. The van der Waals surface area contributed by atoms with E-state index in [9.17, 15) is 4.79 Å². The maximum Gasteiger partial charge on any atom is 0.291 e. The molecule has 7 nitrogen and oxygen atoms in total. The largest absolute Gasteiger partial charge is 0.484 e. The first-order chi connectivity index (χ1) is 14.2. The number of anilines is 1. The smallest absolute Gasteiger partial charge is 0.291 e. The predicted molar refractivity (Wildman–Crippen MR) is 106 cm³/mol. The minimum absolute atomic E-state index is 0.109. The fourth-order valence-electron chi connectivity index (χ4n) is 2.80. The minimum Gasteiger partial charge on any atom is -0.484 e. The number of furan rings is 1. The Hall–Kier alpha value is -4.31. The van der Waals surface area contributed by atoms with Crippen molar-refractivity contribution in [2.75, 3.05) is 5.32 Å².